The number of Topliss-reactive ketones (excluding diaryl/α,β-unsaturated/α-hetero) is 1. The zero-order valence-electron chi connectivity index (χ0n) is 10.3. The molecule has 18 heavy (non-hydrogen) atoms. The van der Waals surface area contributed by atoms with Gasteiger partial charge in [-0.25, -0.2) is 0 Å². The van der Waals surface area contributed by atoms with Gasteiger partial charge in [-0.05, 0) is 24.6 Å². The minimum Gasteiger partial charge on any atom is -0.398 e. The summed E-state index contributed by atoms with van der Waals surface area (Å²) in [6.45, 7) is 2.61. The van der Waals surface area contributed by atoms with Crippen LogP contribution in [0.2, 0.25) is 5.02 Å². The highest BCUT2D eigenvalue weighted by molar-refractivity contribution is 6.33. The molecule has 0 aliphatic rings. The third-order valence-electron chi connectivity index (χ3n) is 2.47. The van der Waals surface area contributed by atoms with Crippen molar-refractivity contribution in [2.75, 3.05) is 12.3 Å². The average Bonchev–Trinajstić information content (AvgIpc) is 2.36. The van der Waals surface area contributed by atoms with E-state index in [4.69, 9.17) is 17.3 Å². The molecule has 0 radical (unpaired) electrons. The number of anilines is 1. The Bertz CT molecular complexity index is 447. The monoisotopic (exact) mass is 268 g/mol. The van der Waals surface area contributed by atoms with Gasteiger partial charge < -0.3 is 11.1 Å². The highest BCUT2D eigenvalue weighted by Crippen LogP contribution is 2.20. The van der Waals surface area contributed by atoms with Crippen molar-refractivity contribution in [3.05, 3.63) is 28.8 Å². The van der Waals surface area contributed by atoms with Gasteiger partial charge in [-0.15, -0.1) is 0 Å². The van der Waals surface area contributed by atoms with Gasteiger partial charge in [0.05, 0.1) is 10.7 Å². The quantitative estimate of drug-likeness (QED) is 0.615. The summed E-state index contributed by atoms with van der Waals surface area (Å²) in [5.41, 5.74) is 6.48. The number of nitrogen functional groups attached to an aromatic ring is 1. The third-order valence-corrected chi connectivity index (χ3v) is 2.81. The zero-order chi connectivity index (χ0) is 13.5. The fourth-order valence-electron chi connectivity index (χ4n) is 1.44. The van der Waals surface area contributed by atoms with Crippen LogP contribution in [0.4, 0.5) is 5.69 Å². The van der Waals surface area contributed by atoms with E-state index in [9.17, 15) is 9.59 Å². The van der Waals surface area contributed by atoms with Crippen molar-refractivity contribution in [2.45, 2.75) is 26.2 Å². The molecule has 0 fully saturated rings. The van der Waals surface area contributed by atoms with Crippen LogP contribution in [0.3, 0.4) is 0 Å². The molecular formula is C13H17ClN2O2. The summed E-state index contributed by atoms with van der Waals surface area (Å²) < 4.78 is 0. The van der Waals surface area contributed by atoms with Gasteiger partial charge in [0.1, 0.15) is 0 Å². The van der Waals surface area contributed by atoms with Crippen LogP contribution >= 0.6 is 11.6 Å². The van der Waals surface area contributed by atoms with Crippen LogP contribution in [0.25, 0.3) is 0 Å². The maximum atomic E-state index is 11.8. The lowest BCUT2D eigenvalue weighted by molar-refractivity contribution is -0.121. The Balaban J connectivity index is 2.50. The minimum atomic E-state index is -0.106. The minimum absolute atomic E-state index is 0.105. The fourth-order valence-corrected chi connectivity index (χ4v) is 1.56. The second kappa shape index (κ2) is 7.01. The Morgan fingerprint density at radius 3 is 2.67 bits per heavy atom. The lowest BCUT2D eigenvalue weighted by atomic mass is 10.1. The Hall–Kier alpha value is -1.55. The van der Waals surface area contributed by atoms with Gasteiger partial charge in [-0.3, -0.25) is 9.59 Å². The van der Waals surface area contributed by atoms with Gasteiger partial charge >= 0.3 is 0 Å². The van der Waals surface area contributed by atoms with Crippen LogP contribution in [-0.4, -0.2) is 18.2 Å². The first kappa shape index (κ1) is 14.5. The molecule has 3 N–H and O–H groups in total. The van der Waals surface area contributed by atoms with E-state index in [0.717, 1.165) is 6.42 Å². The number of ketones is 1. The van der Waals surface area contributed by atoms with Crippen molar-refractivity contribution in [2.24, 2.45) is 0 Å². The summed E-state index contributed by atoms with van der Waals surface area (Å²) in [5.74, 6) is -0.211. The standard InChI is InChI=1S/C13H17ClN2O2/c1-2-7-16-13(18)6-5-12(17)9-3-4-10(14)11(15)8-9/h3-4,8H,2,5-7,15H2,1H3,(H,16,18). The maximum Gasteiger partial charge on any atom is 0.220 e. The Morgan fingerprint density at radius 2 is 2.06 bits per heavy atom. The van der Waals surface area contributed by atoms with Gasteiger partial charge in [0.15, 0.2) is 5.78 Å². The Kier molecular flexibility index (Phi) is 5.65. The summed E-state index contributed by atoms with van der Waals surface area (Å²) in [7, 11) is 0. The molecule has 0 spiro atoms. The molecular weight excluding hydrogens is 252 g/mol. The molecule has 0 saturated carbocycles. The van der Waals surface area contributed by atoms with E-state index >= 15 is 0 Å². The Labute approximate surface area is 112 Å². The summed E-state index contributed by atoms with van der Waals surface area (Å²) in [5, 5.41) is 3.15. The van der Waals surface area contributed by atoms with E-state index in [0.29, 0.717) is 22.8 Å². The summed E-state index contributed by atoms with van der Waals surface area (Å²) in [4.78, 5) is 23.2. The van der Waals surface area contributed by atoms with E-state index in [1.54, 1.807) is 12.1 Å². The summed E-state index contributed by atoms with van der Waals surface area (Å²) in [6.07, 6.45) is 1.26. The van der Waals surface area contributed by atoms with E-state index in [1.165, 1.54) is 6.07 Å². The largest absolute Gasteiger partial charge is 0.398 e. The number of carbonyl (C=O) groups is 2. The number of rotatable bonds is 6. The van der Waals surface area contributed by atoms with Gasteiger partial charge in [-0.2, -0.15) is 0 Å². The molecule has 0 aromatic heterocycles. The van der Waals surface area contributed by atoms with Gasteiger partial charge in [-0.1, -0.05) is 18.5 Å². The highest BCUT2D eigenvalue weighted by atomic mass is 35.5. The van der Waals surface area contributed by atoms with Crippen molar-refractivity contribution >= 4 is 29.0 Å². The topological polar surface area (TPSA) is 72.2 Å². The van der Waals surface area contributed by atoms with Gasteiger partial charge in [0.2, 0.25) is 5.91 Å². The smallest absolute Gasteiger partial charge is 0.220 e. The number of amides is 1. The molecule has 0 aliphatic heterocycles. The Morgan fingerprint density at radius 1 is 1.33 bits per heavy atom. The first-order valence-corrected chi connectivity index (χ1v) is 6.27. The van der Waals surface area contributed by atoms with Crippen molar-refractivity contribution in [1.82, 2.24) is 5.32 Å². The van der Waals surface area contributed by atoms with E-state index in [1.807, 2.05) is 6.92 Å². The van der Waals surface area contributed by atoms with Crippen molar-refractivity contribution in [1.29, 1.82) is 0 Å². The molecule has 1 amide bonds. The summed E-state index contributed by atoms with van der Waals surface area (Å²) >= 11 is 5.77. The zero-order valence-corrected chi connectivity index (χ0v) is 11.1. The normalized spacial score (nSPS) is 10.1. The lowest BCUT2D eigenvalue weighted by Gasteiger charge is -2.04. The van der Waals surface area contributed by atoms with E-state index in [2.05, 4.69) is 5.32 Å². The van der Waals surface area contributed by atoms with Gasteiger partial charge in [0, 0.05) is 24.9 Å². The van der Waals surface area contributed by atoms with Crippen LogP contribution in [0.15, 0.2) is 18.2 Å². The average molecular weight is 269 g/mol. The van der Waals surface area contributed by atoms with Crippen molar-refractivity contribution in [3.8, 4) is 0 Å². The molecule has 98 valence electrons. The molecule has 1 aromatic carbocycles. The van der Waals surface area contributed by atoms with Crippen molar-refractivity contribution < 1.29 is 9.59 Å². The van der Waals surface area contributed by atoms with Crippen LogP contribution in [0.1, 0.15) is 36.5 Å². The summed E-state index contributed by atoms with van der Waals surface area (Å²) in [6, 6.07) is 4.74. The molecule has 0 heterocycles. The van der Waals surface area contributed by atoms with Crippen LogP contribution in [0, 0.1) is 0 Å². The molecule has 0 bridgehead atoms. The molecule has 1 aromatic rings. The molecule has 0 aliphatic carbocycles. The van der Waals surface area contributed by atoms with Crippen LogP contribution < -0.4 is 11.1 Å². The number of nitrogens with two attached hydrogens (primary N) is 1. The number of benzene rings is 1. The molecule has 0 atom stereocenters. The molecule has 4 nitrogen and oxygen atoms in total. The maximum absolute atomic E-state index is 11.8. The van der Waals surface area contributed by atoms with Gasteiger partial charge in [0.25, 0.3) is 0 Å². The number of hydrogen-bond acceptors (Lipinski definition) is 3. The molecule has 1 rings (SSSR count). The number of hydrogen-bond donors (Lipinski definition) is 2. The highest BCUT2D eigenvalue weighted by Gasteiger charge is 2.10. The molecule has 5 heteroatoms. The fraction of sp³-hybridized carbons (Fsp3) is 0.385. The number of nitrogens with one attached hydrogen (secondary N) is 1. The van der Waals surface area contributed by atoms with Crippen LogP contribution in [0.5, 0.6) is 0 Å². The second-order valence-corrected chi connectivity index (χ2v) is 4.42. The first-order chi connectivity index (χ1) is 8.54. The molecule has 0 unspecified atom stereocenters. The second-order valence-electron chi connectivity index (χ2n) is 4.01. The lowest BCUT2D eigenvalue weighted by Crippen LogP contribution is -2.24. The number of carbonyl (C=O) groups excluding carboxylic acids is 2. The first-order valence-electron chi connectivity index (χ1n) is 5.89. The third kappa shape index (κ3) is 4.37. The molecule has 0 saturated heterocycles. The van der Waals surface area contributed by atoms with Crippen molar-refractivity contribution in [3.63, 3.8) is 0 Å². The SMILES string of the molecule is CCCNC(=O)CCC(=O)c1ccc(Cl)c(N)c1. The van der Waals surface area contributed by atoms with Crippen LogP contribution in [-0.2, 0) is 4.79 Å². The van der Waals surface area contributed by atoms with E-state index in [-0.39, 0.29) is 24.5 Å². The van der Waals surface area contributed by atoms with E-state index < -0.39 is 0 Å². The predicted molar refractivity (Wildman–Crippen MR) is 72.7 cm³/mol. The predicted octanol–water partition coefficient (Wildman–Crippen LogP) is 2.41. The number of halogens is 1.